The maximum atomic E-state index is 12.7. The second-order valence-corrected chi connectivity index (χ2v) is 5.93. The predicted molar refractivity (Wildman–Crippen MR) is 96.1 cm³/mol. The van der Waals surface area contributed by atoms with Crippen molar-refractivity contribution in [2.75, 3.05) is 11.9 Å². The lowest BCUT2D eigenvalue weighted by Crippen LogP contribution is -2.25. The Balaban J connectivity index is 1.92. The zero-order valence-corrected chi connectivity index (χ0v) is 15.2. The Labute approximate surface area is 167 Å². The number of nitro benzene ring substituents is 1. The van der Waals surface area contributed by atoms with Crippen molar-refractivity contribution in [1.82, 2.24) is 5.32 Å². The van der Waals surface area contributed by atoms with Gasteiger partial charge in [0.25, 0.3) is 5.69 Å². The summed E-state index contributed by atoms with van der Waals surface area (Å²) in [7, 11) is 0. The van der Waals surface area contributed by atoms with Gasteiger partial charge in [-0.25, -0.2) is 0 Å². The van der Waals surface area contributed by atoms with Crippen LogP contribution in [0, 0.1) is 10.1 Å². The van der Waals surface area contributed by atoms with Gasteiger partial charge in [0.2, 0.25) is 5.91 Å². The van der Waals surface area contributed by atoms with Crippen molar-refractivity contribution < 1.29 is 36.4 Å². The summed E-state index contributed by atoms with van der Waals surface area (Å²) >= 11 is 0. The Bertz CT molecular complexity index is 906. The molecule has 30 heavy (non-hydrogen) atoms. The number of halogens is 5. The average Bonchev–Trinajstić information content (AvgIpc) is 2.66. The van der Waals surface area contributed by atoms with E-state index in [-0.39, 0.29) is 30.9 Å². The summed E-state index contributed by atoms with van der Waals surface area (Å²) in [6, 6.07) is 7.88. The maximum absolute atomic E-state index is 12.7. The van der Waals surface area contributed by atoms with E-state index in [1.165, 1.54) is 18.2 Å². The maximum Gasteiger partial charge on any atom is 0.416 e. The van der Waals surface area contributed by atoms with Crippen molar-refractivity contribution in [3.8, 4) is 5.75 Å². The number of amides is 1. The predicted octanol–water partition coefficient (Wildman–Crippen LogP) is 4.33. The third kappa shape index (κ3) is 6.57. The highest BCUT2D eigenvalue weighted by Crippen LogP contribution is 2.34. The molecule has 2 aromatic carbocycles. The van der Waals surface area contributed by atoms with Gasteiger partial charge in [0.05, 0.1) is 10.5 Å². The number of carbonyl (C=O) groups is 1. The molecule has 2 aromatic rings. The number of para-hydroxylation sites is 1. The van der Waals surface area contributed by atoms with E-state index in [0.29, 0.717) is 17.7 Å². The van der Waals surface area contributed by atoms with Crippen LogP contribution in [0.3, 0.4) is 0 Å². The number of benzene rings is 2. The normalized spacial score (nSPS) is 11.3. The SMILES string of the molecule is O=C(CCNc1ccc(C(F)(F)F)cc1[N+](=O)[O-])NCc1ccccc1OC(F)F. The first-order valence-electron chi connectivity index (χ1n) is 8.47. The van der Waals surface area contributed by atoms with E-state index in [4.69, 9.17) is 0 Å². The molecule has 0 bridgehead atoms. The number of alkyl halides is 5. The number of nitrogens with zero attached hydrogens (tertiary/aromatic N) is 1. The molecule has 0 radical (unpaired) electrons. The minimum absolute atomic E-state index is 0.0914. The van der Waals surface area contributed by atoms with Gasteiger partial charge in [-0.3, -0.25) is 14.9 Å². The topological polar surface area (TPSA) is 93.5 Å². The smallest absolute Gasteiger partial charge is 0.416 e. The molecule has 0 saturated carbocycles. The highest BCUT2D eigenvalue weighted by molar-refractivity contribution is 5.76. The fourth-order valence-corrected chi connectivity index (χ4v) is 2.46. The molecule has 7 nitrogen and oxygen atoms in total. The fourth-order valence-electron chi connectivity index (χ4n) is 2.46. The van der Waals surface area contributed by atoms with Crippen LogP contribution in [-0.4, -0.2) is 24.0 Å². The zero-order valence-electron chi connectivity index (χ0n) is 15.2. The summed E-state index contributed by atoms with van der Waals surface area (Å²) < 4.78 is 67.2. The largest absolute Gasteiger partial charge is 0.434 e. The molecule has 0 atom stereocenters. The zero-order chi connectivity index (χ0) is 22.3. The first-order chi connectivity index (χ1) is 14.1. The molecule has 1 amide bonds. The molecule has 0 aliphatic rings. The van der Waals surface area contributed by atoms with Crippen LogP contribution in [0.2, 0.25) is 0 Å². The molecule has 0 unspecified atom stereocenters. The molecular weight excluding hydrogens is 417 g/mol. The van der Waals surface area contributed by atoms with Gasteiger partial charge in [0.1, 0.15) is 11.4 Å². The summed E-state index contributed by atoms with van der Waals surface area (Å²) in [5.74, 6) is -0.602. The van der Waals surface area contributed by atoms with Crippen molar-refractivity contribution in [2.45, 2.75) is 25.8 Å². The van der Waals surface area contributed by atoms with Crippen molar-refractivity contribution >= 4 is 17.3 Å². The second kappa shape index (κ2) is 9.85. The number of anilines is 1. The third-order valence-corrected chi connectivity index (χ3v) is 3.85. The summed E-state index contributed by atoms with van der Waals surface area (Å²) in [4.78, 5) is 22.0. The lowest BCUT2D eigenvalue weighted by molar-refractivity contribution is -0.384. The van der Waals surface area contributed by atoms with Crippen LogP contribution in [0.1, 0.15) is 17.5 Å². The van der Waals surface area contributed by atoms with Gasteiger partial charge >= 0.3 is 12.8 Å². The average molecular weight is 433 g/mol. The lowest BCUT2D eigenvalue weighted by atomic mass is 10.1. The third-order valence-electron chi connectivity index (χ3n) is 3.85. The van der Waals surface area contributed by atoms with E-state index in [0.717, 1.165) is 6.07 Å². The van der Waals surface area contributed by atoms with Crippen LogP contribution in [0.4, 0.5) is 33.3 Å². The van der Waals surface area contributed by atoms with Gasteiger partial charge in [0.15, 0.2) is 0 Å². The van der Waals surface area contributed by atoms with E-state index in [2.05, 4.69) is 15.4 Å². The summed E-state index contributed by atoms with van der Waals surface area (Å²) in [5.41, 5.74) is -1.79. The first kappa shape index (κ1) is 22.8. The first-order valence-corrected chi connectivity index (χ1v) is 8.47. The molecule has 0 aliphatic carbocycles. The number of rotatable bonds is 9. The fraction of sp³-hybridized carbons (Fsp3) is 0.278. The summed E-state index contributed by atoms with van der Waals surface area (Å²) in [6.45, 7) is -3.22. The number of hydrogen-bond donors (Lipinski definition) is 2. The van der Waals surface area contributed by atoms with Gasteiger partial charge in [-0.1, -0.05) is 18.2 Å². The van der Waals surface area contributed by atoms with Crippen molar-refractivity contribution in [3.05, 3.63) is 63.7 Å². The Morgan fingerprint density at radius 3 is 2.50 bits per heavy atom. The van der Waals surface area contributed by atoms with E-state index in [9.17, 15) is 36.9 Å². The monoisotopic (exact) mass is 433 g/mol. The molecule has 0 saturated heterocycles. The summed E-state index contributed by atoms with van der Waals surface area (Å²) in [5, 5.41) is 16.0. The minimum Gasteiger partial charge on any atom is -0.434 e. The number of carbonyl (C=O) groups excluding carboxylic acids is 1. The van der Waals surface area contributed by atoms with E-state index >= 15 is 0 Å². The molecule has 2 rings (SSSR count). The number of nitro groups is 1. The second-order valence-electron chi connectivity index (χ2n) is 5.93. The van der Waals surface area contributed by atoms with Gasteiger partial charge in [-0.05, 0) is 18.2 Å². The Morgan fingerprint density at radius 2 is 1.87 bits per heavy atom. The lowest BCUT2D eigenvalue weighted by Gasteiger charge is -2.12. The van der Waals surface area contributed by atoms with Crippen LogP contribution >= 0.6 is 0 Å². The van der Waals surface area contributed by atoms with E-state index < -0.39 is 34.9 Å². The molecule has 0 aromatic heterocycles. The highest BCUT2D eigenvalue weighted by Gasteiger charge is 2.33. The van der Waals surface area contributed by atoms with E-state index in [1.54, 1.807) is 6.07 Å². The quantitative estimate of drug-likeness (QED) is 0.349. The van der Waals surface area contributed by atoms with Crippen molar-refractivity contribution in [1.29, 1.82) is 0 Å². The molecular formula is C18H16F5N3O4. The van der Waals surface area contributed by atoms with Crippen LogP contribution in [0.5, 0.6) is 5.75 Å². The van der Waals surface area contributed by atoms with Gasteiger partial charge in [-0.2, -0.15) is 22.0 Å². The molecule has 0 heterocycles. The number of nitrogens with one attached hydrogen (secondary N) is 2. The van der Waals surface area contributed by atoms with Crippen LogP contribution in [0.25, 0.3) is 0 Å². The van der Waals surface area contributed by atoms with E-state index in [1.807, 2.05) is 0 Å². The molecule has 2 N–H and O–H groups in total. The van der Waals surface area contributed by atoms with Crippen molar-refractivity contribution in [3.63, 3.8) is 0 Å². The molecule has 162 valence electrons. The van der Waals surface area contributed by atoms with Gasteiger partial charge in [-0.15, -0.1) is 0 Å². The molecule has 0 fully saturated rings. The van der Waals surface area contributed by atoms with Crippen LogP contribution in [0.15, 0.2) is 42.5 Å². The van der Waals surface area contributed by atoms with Crippen molar-refractivity contribution in [2.24, 2.45) is 0 Å². The summed E-state index contributed by atoms with van der Waals surface area (Å²) in [6.07, 6.45) is -4.90. The highest BCUT2D eigenvalue weighted by atomic mass is 19.4. The number of ether oxygens (including phenoxy) is 1. The van der Waals surface area contributed by atoms with Crippen LogP contribution in [-0.2, 0) is 17.5 Å². The molecule has 12 heteroatoms. The standard InChI is InChI=1S/C18H16F5N3O4/c19-17(20)30-15-4-2-1-3-11(15)10-25-16(27)7-8-24-13-6-5-12(18(21,22)23)9-14(13)26(28)29/h1-6,9,17,24H,7-8,10H2,(H,25,27). The Hall–Kier alpha value is -3.44. The Morgan fingerprint density at radius 1 is 1.17 bits per heavy atom. The molecule has 0 spiro atoms. The number of hydrogen-bond acceptors (Lipinski definition) is 5. The Kier molecular flexibility index (Phi) is 7.50. The minimum atomic E-state index is -4.73. The van der Waals surface area contributed by atoms with Crippen LogP contribution < -0.4 is 15.4 Å². The van der Waals surface area contributed by atoms with Gasteiger partial charge in [0, 0.05) is 31.1 Å². The molecule has 0 aliphatic heterocycles. The van der Waals surface area contributed by atoms with Gasteiger partial charge < -0.3 is 15.4 Å².